The smallest absolute Gasteiger partial charge is 0.292 e. The lowest BCUT2D eigenvalue weighted by Crippen LogP contribution is -2.07. The van der Waals surface area contributed by atoms with Gasteiger partial charge in [-0.05, 0) is 5.92 Å². The van der Waals surface area contributed by atoms with E-state index in [0.717, 1.165) is 12.8 Å². The first-order chi connectivity index (χ1) is 4.70. The molecule has 0 fully saturated rings. The van der Waals surface area contributed by atoms with Crippen LogP contribution in [0.4, 0.5) is 0 Å². The molecule has 0 spiro atoms. The summed E-state index contributed by atoms with van der Waals surface area (Å²) in [7, 11) is 0.533. The molecule has 0 aliphatic heterocycles. The van der Waals surface area contributed by atoms with Crippen molar-refractivity contribution in [1.82, 2.24) is 0 Å². The molecule has 0 aromatic heterocycles. The van der Waals surface area contributed by atoms with Gasteiger partial charge in [-0.25, -0.2) is 0 Å². The largest absolute Gasteiger partial charge is 0.529 e. The van der Waals surface area contributed by atoms with Gasteiger partial charge in [0.25, 0.3) is 5.97 Å². The zero-order valence-electron chi connectivity index (χ0n) is 7.02. The van der Waals surface area contributed by atoms with Crippen LogP contribution in [0.3, 0.4) is 0 Å². The monoisotopic (exact) mass is 160 g/mol. The predicted octanol–water partition coefficient (Wildman–Crippen LogP) is 0.636. The van der Waals surface area contributed by atoms with E-state index < -0.39 is 0 Å². The maximum atomic E-state index is 10.7. The van der Waals surface area contributed by atoms with Gasteiger partial charge < -0.3 is 4.43 Å². The Morgan fingerprint density at radius 1 is 1.70 bits per heavy atom. The summed E-state index contributed by atoms with van der Waals surface area (Å²) in [5.41, 5.74) is 0. The molecule has 10 heavy (non-hydrogen) atoms. The Morgan fingerprint density at radius 2 is 2.30 bits per heavy atom. The van der Waals surface area contributed by atoms with Crippen molar-refractivity contribution in [2.45, 2.75) is 33.1 Å². The van der Waals surface area contributed by atoms with Crippen LogP contribution in [-0.2, 0) is 9.22 Å². The molecule has 2 nitrogen and oxygen atoms in total. The maximum absolute atomic E-state index is 10.7. The van der Waals surface area contributed by atoms with Crippen molar-refractivity contribution in [3.8, 4) is 0 Å². The van der Waals surface area contributed by atoms with Gasteiger partial charge in [0.1, 0.15) is 0 Å². The molecule has 0 heterocycles. The lowest BCUT2D eigenvalue weighted by Gasteiger charge is -2.06. The number of carbonyl (C=O) groups is 1. The van der Waals surface area contributed by atoms with E-state index in [1.807, 2.05) is 0 Å². The normalized spacial score (nSPS) is 13.0. The molecule has 1 unspecified atom stereocenters. The molecule has 3 heteroatoms. The van der Waals surface area contributed by atoms with E-state index >= 15 is 0 Å². The van der Waals surface area contributed by atoms with Crippen LogP contribution in [0, 0.1) is 5.92 Å². The van der Waals surface area contributed by atoms with Gasteiger partial charge in [0, 0.05) is 6.42 Å². The Morgan fingerprint density at radius 3 is 2.70 bits per heavy atom. The van der Waals surface area contributed by atoms with E-state index in [9.17, 15) is 4.79 Å². The highest BCUT2D eigenvalue weighted by Crippen LogP contribution is 2.09. The SMILES string of the molecule is CCCC(C)CC(=O)O[SiH3]. The summed E-state index contributed by atoms with van der Waals surface area (Å²) >= 11 is 0. The van der Waals surface area contributed by atoms with Crippen molar-refractivity contribution in [3.05, 3.63) is 0 Å². The quantitative estimate of drug-likeness (QED) is 0.564. The van der Waals surface area contributed by atoms with Crippen molar-refractivity contribution in [2.75, 3.05) is 0 Å². The minimum absolute atomic E-state index is 0.0346. The second-order valence-corrected chi connectivity index (χ2v) is 3.08. The molecule has 0 saturated carbocycles. The van der Waals surface area contributed by atoms with Gasteiger partial charge in [-0.15, -0.1) is 0 Å². The molecule has 0 aliphatic carbocycles. The second kappa shape index (κ2) is 5.47. The van der Waals surface area contributed by atoms with Gasteiger partial charge in [0.05, 0.1) is 0 Å². The average Bonchev–Trinajstić information content (AvgIpc) is 1.88. The molecular weight excluding hydrogens is 144 g/mol. The van der Waals surface area contributed by atoms with Gasteiger partial charge in [0.2, 0.25) is 10.5 Å². The van der Waals surface area contributed by atoms with Crippen LogP contribution in [0.2, 0.25) is 0 Å². The molecule has 0 saturated heterocycles. The van der Waals surface area contributed by atoms with Crippen molar-refractivity contribution in [2.24, 2.45) is 5.92 Å². The Kier molecular flexibility index (Phi) is 5.30. The molecule has 0 aromatic carbocycles. The van der Waals surface area contributed by atoms with Crippen molar-refractivity contribution in [1.29, 1.82) is 0 Å². The first-order valence-electron chi connectivity index (χ1n) is 3.77. The van der Waals surface area contributed by atoms with Crippen LogP contribution >= 0.6 is 0 Å². The third kappa shape index (κ3) is 4.55. The lowest BCUT2D eigenvalue weighted by atomic mass is 10.0. The fourth-order valence-corrected chi connectivity index (χ4v) is 1.13. The fraction of sp³-hybridized carbons (Fsp3) is 0.857. The van der Waals surface area contributed by atoms with Crippen LogP contribution in [-0.4, -0.2) is 16.5 Å². The van der Waals surface area contributed by atoms with Crippen LogP contribution < -0.4 is 0 Å². The highest BCUT2D eigenvalue weighted by molar-refractivity contribution is 6.05. The van der Waals surface area contributed by atoms with E-state index in [2.05, 4.69) is 18.3 Å². The van der Waals surface area contributed by atoms with Gasteiger partial charge in [-0.3, -0.25) is 4.79 Å². The van der Waals surface area contributed by atoms with E-state index in [1.54, 1.807) is 0 Å². The van der Waals surface area contributed by atoms with Crippen LogP contribution in [0.5, 0.6) is 0 Å². The Balaban J connectivity index is 3.37. The van der Waals surface area contributed by atoms with Crippen LogP contribution in [0.1, 0.15) is 33.1 Å². The second-order valence-electron chi connectivity index (χ2n) is 2.67. The summed E-state index contributed by atoms with van der Waals surface area (Å²) in [6.45, 7) is 4.21. The summed E-state index contributed by atoms with van der Waals surface area (Å²) < 4.78 is 4.67. The van der Waals surface area contributed by atoms with Gasteiger partial charge in [-0.2, -0.15) is 0 Å². The van der Waals surface area contributed by atoms with Gasteiger partial charge >= 0.3 is 0 Å². The number of rotatable bonds is 4. The van der Waals surface area contributed by atoms with E-state index in [1.165, 1.54) is 0 Å². The minimum atomic E-state index is -0.0346. The highest BCUT2D eigenvalue weighted by Gasteiger charge is 2.06. The molecular formula is C7H16O2Si. The summed E-state index contributed by atoms with van der Waals surface area (Å²) in [6.07, 6.45) is 2.86. The average molecular weight is 160 g/mol. The van der Waals surface area contributed by atoms with Crippen LogP contribution in [0.25, 0.3) is 0 Å². The standard InChI is InChI=1S/C7H16O2Si/c1-3-4-6(2)5-7(8)9-10/h6H,3-5H2,1-2,10H3. The van der Waals surface area contributed by atoms with E-state index in [4.69, 9.17) is 0 Å². The minimum Gasteiger partial charge on any atom is -0.529 e. The van der Waals surface area contributed by atoms with Gasteiger partial charge in [-0.1, -0.05) is 26.7 Å². The molecule has 0 N–H and O–H groups in total. The topological polar surface area (TPSA) is 26.3 Å². The zero-order valence-corrected chi connectivity index (χ0v) is 9.02. The number of hydrogen-bond donors (Lipinski definition) is 0. The van der Waals surface area contributed by atoms with Crippen molar-refractivity contribution in [3.63, 3.8) is 0 Å². The Hall–Kier alpha value is -0.313. The third-order valence-corrected chi connectivity index (χ3v) is 1.98. The lowest BCUT2D eigenvalue weighted by molar-refractivity contribution is -0.135. The zero-order chi connectivity index (χ0) is 7.98. The Bertz CT molecular complexity index is 104. The predicted molar refractivity (Wildman–Crippen MR) is 44.7 cm³/mol. The summed E-state index contributed by atoms with van der Waals surface area (Å²) in [6, 6.07) is 0. The van der Waals surface area contributed by atoms with E-state index in [-0.39, 0.29) is 5.97 Å². The molecule has 0 radical (unpaired) electrons. The van der Waals surface area contributed by atoms with Gasteiger partial charge in [0.15, 0.2) is 0 Å². The fourth-order valence-electron chi connectivity index (χ4n) is 0.963. The molecule has 0 aromatic rings. The molecule has 60 valence electrons. The Labute approximate surface area is 65.5 Å². The first kappa shape index (κ1) is 9.69. The van der Waals surface area contributed by atoms with E-state index in [0.29, 0.717) is 22.8 Å². The third-order valence-electron chi connectivity index (χ3n) is 1.52. The van der Waals surface area contributed by atoms with Crippen LogP contribution in [0.15, 0.2) is 0 Å². The highest BCUT2D eigenvalue weighted by atomic mass is 28.2. The molecule has 0 rings (SSSR count). The van der Waals surface area contributed by atoms with Crippen molar-refractivity contribution >= 4 is 16.5 Å². The number of carbonyl (C=O) groups excluding carboxylic acids is 1. The summed E-state index contributed by atoms with van der Waals surface area (Å²) in [5.74, 6) is 0.457. The summed E-state index contributed by atoms with van der Waals surface area (Å²) in [5, 5.41) is 0. The molecule has 0 aliphatic rings. The summed E-state index contributed by atoms with van der Waals surface area (Å²) in [4.78, 5) is 10.7. The van der Waals surface area contributed by atoms with Crippen molar-refractivity contribution < 1.29 is 9.22 Å². The molecule has 0 bridgehead atoms. The molecule has 1 atom stereocenters. The first-order valence-corrected chi connectivity index (χ1v) is 4.59. The maximum Gasteiger partial charge on any atom is 0.292 e. The molecule has 0 amide bonds. The number of hydrogen-bond acceptors (Lipinski definition) is 2.